The first-order valence-electron chi connectivity index (χ1n) is 6.13. The van der Waals surface area contributed by atoms with Crippen LogP contribution in [-0.4, -0.2) is 19.7 Å². The Balaban J connectivity index is 2.62. The Morgan fingerprint density at radius 3 is 2.26 bits per heavy atom. The first-order chi connectivity index (χ1) is 8.97. The summed E-state index contributed by atoms with van der Waals surface area (Å²) < 4.78 is 57.2. The van der Waals surface area contributed by atoms with Crippen molar-refractivity contribution >= 4 is 0 Å². The van der Waals surface area contributed by atoms with Gasteiger partial charge in [-0.25, -0.2) is 8.78 Å². The predicted molar refractivity (Wildman–Crippen MR) is 64.1 cm³/mol. The highest BCUT2D eigenvalue weighted by Gasteiger charge is 2.21. The zero-order valence-corrected chi connectivity index (χ0v) is 10.9. The number of nitrogens with one attached hydrogen (secondary N) is 1. The molecule has 0 saturated carbocycles. The molecule has 1 atom stereocenters. The summed E-state index contributed by atoms with van der Waals surface area (Å²) in [5.74, 6) is -6.99. The second-order valence-corrected chi connectivity index (χ2v) is 4.42. The van der Waals surface area contributed by atoms with E-state index in [4.69, 9.17) is 4.74 Å². The van der Waals surface area contributed by atoms with Gasteiger partial charge in [0.15, 0.2) is 17.4 Å². The average molecular weight is 279 g/mol. The van der Waals surface area contributed by atoms with E-state index >= 15 is 0 Å². The smallest absolute Gasteiger partial charge is 0.203 e. The number of benzene rings is 1. The molecule has 2 nitrogen and oxygen atoms in total. The maximum Gasteiger partial charge on any atom is 0.203 e. The molecule has 0 aliphatic rings. The highest BCUT2D eigenvalue weighted by molar-refractivity contribution is 5.28. The van der Waals surface area contributed by atoms with E-state index in [1.54, 1.807) is 6.92 Å². The van der Waals surface area contributed by atoms with E-state index in [9.17, 15) is 17.6 Å². The largest absolute Gasteiger partial charge is 0.487 e. The standard InChI is InChI=1S/C13H17F4NO/c1-3-4-18-6-8(2)7-19-13-11(16)9(14)5-10(15)12(13)17/h5,8,18H,3-4,6-7H2,1-2H3. The second-order valence-electron chi connectivity index (χ2n) is 4.42. The molecule has 0 aliphatic carbocycles. The van der Waals surface area contributed by atoms with Gasteiger partial charge in [0.1, 0.15) is 0 Å². The quantitative estimate of drug-likeness (QED) is 0.470. The molecule has 1 aromatic carbocycles. The van der Waals surface area contributed by atoms with E-state index < -0.39 is 29.0 Å². The van der Waals surface area contributed by atoms with Gasteiger partial charge in [0, 0.05) is 18.5 Å². The van der Waals surface area contributed by atoms with E-state index in [1.165, 1.54) is 0 Å². The lowest BCUT2D eigenvalue weighted by Gasteiger charge is -2.15. The Bertz CT molecular complexity index is 399. The summed E-state index contributed by atoms with van der Waals surface area (Å²) >= 11 is 0. The van der Waals surface area contributed by atoms with Gasteiger partial charge in [-0.15, -0.1) is 0 Å². The van der Waals surface area contributed by atoms with Crippen LogP contribution in [0.5, 0.6) is 5.75 Å². The van der Waals surface area contributed by atoms with Gasteiger partial charge in [-0.2, -0.15) is 8.78 Å². The molecular weight excluding hydrogens is 262 g/mol. The molecule has 0 radical (unpaired) electrons. The molecule has 0 aliphatic heterocycles. The van der Waals surface area contributed by atoms with Gasteiger partial charge >= 0.3 is 0 Å². The number of rotatable bonds is 7. The molecule has 1 unspecified atom stereocenters. The number of hydrogen-bond donors (Lipinski definition) is 1. The third-order valence-electron chi connectivity index (χ3n) is 2.50. The fraction of sp³-hybridized carbons (Fsp3) is 0.538. The molecule has 0 heterocycles. The van der Waals surface area contributed by atoms with Crippen molar-refractivity contribution in [3.8, 4) is 5.75 Å². The normalized spacial score (nSPS) is 12.5. The third kappa shape index (κ3) is 4.38. The Labute approximate surface area is 109 Å². The van der Waals surface area contributed by atoms with Crippen LogP contribution in [0.4, 0.5) is 17.6 Å². The summed E-state index contributed by atoms with van der Waals surface area (Å²) in [6.07, 6.45) is 0.964. The first kappa shape index (κ1) is 15.8. The lowest BCUT2D eigenvalue weighted by Crippen LogP contribution is -2.26. The van der Waals surface area contributed by atoms with E-state index in [0.717, 1.165) is 13.0 Å². The zero-order valence-electron chi connectivity index (χ0n) is 10.9. The van der Waals surface area contributed by atoms with Gasteiger partial charge in [0.25, 0.3) is 0 Å². The molecule has 108 valence electrons. The predicted octanol–water partition coefficient (Wildman–Crippen LogP) is 3.26. The molecule has 0 amide bonds. The van der Waals surface area contributed by atoms with Crippen molar-refractivity contribution in [2.45, 2.75) is 20.3 Å². The van der Waals surface area contributed by atoms with Crippen LogP contribution in [0.2, 0.25) is 0 Å². The average Bonchev–Trinajstić information content (AvgIpc) is 2.37. The van der Waals surface area contributed by atoms with Gasteiger partial charge in [-0.1, -0.05) is 13.8 Å². The first-order valence-corrected chi connectivity index (χ1v) is 6.13. The minimum atomic E-state index is -1.51. The number of halogens is 4. The summed E-state index contributed by atoms with van der Waals surface area (Å²) in [6.45, 7) is 5.19. The van der Waals surface area contributed by atoms with E-state index in [-0.39, 0.29) is 18.6 Å². The van der Waals surface area contributed by atoms with Crippen molar-refractivity contribution in [3.63, 3.8) is 0 Å². The third-order valence-corrected chi connectivity index (χ3v) is 2.50. The number of hydrogen-bond acceptors (Lipinski definition) is 2. The van der Waals surface area contributed by atoms with Crippen LogP contribution in [0.3, 0.4) is 0 Å². The van der Waals surface area contributed by atoms with E-state index in [1.807, 2.05) is 6.92 Å². The molecule has 0 saturated heterocycles. The molecule has 6 heteroatoms. The van der Waals surface area contributed by atoms with Crippen molar-refractivity contribution < 1.29 is 22.3 Å². The van der Waals surface area contributed by atoms with E-state index in [0.29, 0.717) is 6.54 Å². The van der Waals surface area contributed by atoms with Crippen molar-refractivity contribution in [2.75, 3.05) is 19.7 Å². The highest BCUT2D eigenvalue weighted by atomic mass is 19.2. The lowest BCUT2D eigenvalue weighted by molar-refractivity contribution is 0.227. The van der Waals surface area contributed by atoms with Crippen molar-refractivity contribution in [1.29, 1.82) is 0 Å². The molecule has 0 spiro atoms. The second kappa shape index (κ2) is 7.33. The Morgan fingerprint density at radius 2 is 1.74 bits per heavy atom. The van der Waals surface area contributed by atoms with Crippen LogP contribution in [0.15, 0.2) is 6.07 Å². The Kier molecular flexibility index (Phi) is 6.08. The molecule has 0 bridgehead atoms. The minimum Gasteiger partial charge on any atom is -0.487 e. The summed E-state index contributed by atoms with van der Waals surface area (Å²) in [5, 5.41) is 3.11. The fourth-order valence-corrected chi connectivity index (χ4v) is 1.49. The molecule has 0 fully saturated rings. The molecule has 1 rings (SSSR count). The van der Waals surface area contributed by atoms with Gasteiger partial charge < -0.3 is 10.1 Å². The van der Waals surface area contributed by atoms with Crippen LogP contribution in [-0.2, 0) is 0 Å². The molecule has 0 aromatic heterocycles. The SMILES string of the molecule is CCCNCC(C)COc1c(F)c(F)cc(F)c1F. The van der Waals surface area contributed by atoms with Crippen LogP contribution in [0, 0.1) is 29.2 Å². The fourth-order valence-electron chi connectivity index (χ4n) is 1.49. The monoisotopic (exact) mass is 279 g/mol. The van der Waals surface area contributed by atoms with Gasteiger partial charge in [0.05, 0.1) is 6.61 Å². The van der Waals surface area contributed by atoms with Gasteiger partial charge in [0.2, 0.25) is 11.6 Å². The van der Waals surface area contributed by atoms with E-state index in [2.05, 4.69) is 5.32 Å². The summed E-state index contributed by atoms with van der Waals surface area (Å²) in [6, 6.07) is 0.157. The Hall–Kier alpha value is -1.30. The highest BCUT2D eigenvalue weighted by Crippen LogP contribution is 2.26. The summed E-state index contributed by atoms with van der Waals surface area (Å²) in [5.41, 5.74) is 0. The maximum atomic E-state index is 13.3. The van der Waals surface area contributed by atoms with Gasteiger partial charge in [-0.3, -0.25) is 0 Å². The molecule has 19 heavy (non-hydrogen) atoms. The Morgan fingerprint density at radius 1 is 1.16 bits per heavy atom. The van der Waals surface area contributed by atoms with Crippen molar-refractivity contribution in [2.24, 2.45) is 5.92 Å². The topological polar surface area (TPSA) is 21.3 Å². The van der Waals surface area contributed by atoms with Crippen LogP contribution in [0.25, 0.3) is 0 Å². The van der Waals surface area contributed by atoms with Gasteiger partial charge in [-0.05, 0) is 13.0 Å². The lowest BCUT2D eigenvalue weighted by atomic mass is 10.2. The van der Waals surface area contributed by atoms with Crippen molar-refractivity contribution in [3.05, 3.63) is 29.3 Å². The van der Waals surface area contributed by atoms with Crippen LogP contribution in [0.1, 0.15) is 20.3 Å². The molecular formula is C13H17F4NO. The van der Waals surface area contributed by atoms with Crippen LogP contribution < -0.4 is 10.1 Å². The van der Waals surface area contributed by atoms with Crippen LogP contribution >= 0.6 is 0 Å². The zero-order chi connectivity index (χ0) is 14.4. The molecule has 1 N–H and O–H groups in total. The van der Waals surface area contributed by atoms with Crippen molar-refractivity contribution in [1.82, 2.24) is 5.32 Å². The number of ether oxygens (including phenoxy) is 1. The summed E-state index contributed by atoms with van der Waals surface area (Å²) in [7, 11) is 0. The molecule has 1 aromatic rings. The summed E-state index contributed by atoms with van der Waals surface area (Å²) in [4.78, 5) is 0. The minimum absolute atomic E-state index is 0.0343. The maximum absolute atomic E-state index is 13.3.